The molecule has 1 amide bonds. The number of carbonyl (C=O) groups excluding carboxylic acids is 1. The molecule has 0 saturated carbocycles. The van der Waals surface area contributed by atoms with Gasteiger partial charge in [0.15, 0.2) is 5.96 Å². The van der Waals surface area contributed by atoms with Gasteiger partial charge in [0.1, 0.15) is 0 Å². The fourth-order valence-electron chi connectivity index (χ4n) is 3.32. The number of amides is 1. The first-order valence-electron chi connectivity index (χ1n) is 10.4. The fourth-order valence-corrected chi connectivity index (χ4v) is 3.44. The zero-order chi connectivity index (χ0) is 20.2. The number of benzene rings is 1. The van der Waals surface area contributed by atoms with Crippen LogP contribution >= 0.6 is 35.6 Å². The van der Waals surface area contributed by atoms with Gasteiger partial charge in [0.2, 0.25) is 5.91 Å². The fraction of sp³-hybridized carbons (Fsp3) is 0.619. The van der Waals surface area contributed by atoms with E-state index >= 15 is 0 Å². The molecule has 1 aromatic rings. The number of nitrogens with zero attached hydrogens (tertiary/aromatic N) is 2. The van der Waals surface area contributed by atoms with Crippen molar-refractivity contribution >= 4 is 53.1 Å². The largest absolute Gasteiger partial charge is 0.357 e. The molecule has 0 bridgehead atoms. The number of aliphatic imine (C=N–C) groups is 1. The van der Waals surface area contributed by atoms with E-state index in [-0.39, 0.29) is 29.9 Å². The van der Waals surface area contributed by atoms with Crippen LogP contribution in [0.1, 0.15) is 46.0 Å². The minimum absolute atomic E-state index is 0. The molecule has 1 saturated heterocycles. The molecule has 1 aromatic carbocycles. The summed E-state index contributed by atoms with van der Waals surface area (Å²) in [7, 11) is 0. The molecule has 0 spiro atoms. The summed E-state index contributed by atoms with van der Waals surface area (Å²) in [6, 6.07) is 7.61. The summed E-state index contributed by atoms with van der Waals surface area (Å²) in [5.74, 6) is 0.855. The van der Waals surface area contributed by atoms with Crippen LogP contribution in [0.25, 0.3) is 0 Å². The second-order valence-corrected chi connectivity index (χ2v) is 7.62. The zero-order valence-electron chi connectivity index (χ0n) is 17.5. The molecule has 0 aromatic heterocycles. The molecular formula is C21H35ClIN5O. The number of piperidine rings is 1. The highest BCUT2D eigenvalue weighted by molar-refractivity contribution is 14.0. The molecule has 0 atom stereocenters. The van der Waals surface area contributed by atoms with Crippen molar-refractivity contribution in [2.45, 2.75) is 52.0 Å². The Morgan fingerprint density at radius 2 is 1.90 bits per heavy atom. The molecule has 2 rings (SSSR count). The molecule has 8 heteroatoms. The van der Waals surface area contributed by atoms with Gasteiger partial charge in [0.25, 0.3) is 0 Å². The molecule has 1 fully saturated rings. The van der Waals surface area contributed by atoms with Crippen LogP contribution < -0.4 is 16.0 Å². The maximum absolute atomic E-state index is 12.0. The molecular weight excluding hydrogens is 501 g/mol. The molecule has 0 radical (unpaired) electrons. The topological polar surface area (TPSA) is 68.8 Å². The average molecular weight is 536 g/mol. The van der Waals surface area contributed by atoms with E-state index in [9.17, 15) is 4.79 Å². The van der Waals surface area contributed by atoms with Gasteiger partial charge in [0.05, 0.1) is 0 Å². The number of hydrogen-bond acceptors (Lipinski definition) is 3. The van der Waals surface area contributed by atoms with Crippen LogP contribution in [0.4, 0.5) is 5.69 Å². The van der Waals surface area contributed by atoms with Gasteiger partial charge in [-0.3, -0.25) is 9.79 Å². The van der Waals surface area contributed by atoms with Crippen LogP contribution in [0.15, 0.2) is 29.3 Å². The normalized spacial score (nSPS) is 15.5. The summed E-state index contributed by atoms with van der Waals surface area (Å²) in [5.41, 5.74) is 0.766. The molecule has 1 aliphatic rings. The minimum atomic E-state index is -0.00113. The van der Waals surface area contributed by atoms with E-state index in [0.717, 1.165) is 44.1 Å². The lowest BCUT2D eigenvalue weighted by atomic mass is 10.1. The van der Waals surface area contributed by atoms with Gasteiger partial charge in [-0.2, -0.15) is 0 Å². The summed E-state index contributed by atoms with van der Waals surface area (Å²) in [6.45, 7) is 9.25. The van der Waals surface area contributed by atoms with E-state index in [2.05, 4.69) is 39.7 Å². The summed E-state index contributed by atoms with van der Waals surface area (Å²) >= 11 is 5.86. The number of carbonyl (C=O) groups is 1. The maximum atomic E-state index is 12.0. The predicted molar refractivity (Wildman–Crippen MR) is 134 cm³/mol. The number of likely N-dealkylation sites (tertiary alicyclic amines) is 1. The van der Waals surface area contributed by atoms with E-state index in [1.54, 1.807) is 24.3 Å². The molecule has 3 N–H and O–H groups in total. The van der Waals surface area contributed by atoms with Crippen LogP contribution in [0.2, 0.25) is 5.02 Å². The number of rotatable bonds is 9. The first-order chi connectivity index (χ1) is 13.6. The van der Waals surface area contributed by atoms with Crippen LogP contribution in [0.5, 0.6) is 0 Å². The highest BCUT2D eigenvalue weighted by atomic mass is 127. The van der Waals surface area contributed by atoms with E-state index in [4.69, 9.17) is 11.6 Å². The lowest BCUT2D eigenvalue weighted by Gasteiger charge is -2.32. The van der Waals surface area contributed by atoms with Crippen molar-refractivity contribution in [3.63, 3.8) is 0 Å². The molecule has 6 nitrogen and oxygen atoms in total. The Bertz CT molecular complexity index is 618. The van der Waals surface area contributed by atoms with Gasteiger partial charge >= 0.3 is 0 Å². The van der Waals surface area contributed by atoms with E-state index in [1.807, 2.05) is 0 Å². The molecule has 1 aliphatic heterocycles. The number of hydrogen-bond donors (Lipinski definition) is 3. The Balaban J connectivity index is 0.00000420. The van der Waals surface area contributed by atoms with Crippen LogP contribution in [0.3, 0.4) is 0 Å². The van der Waals surface area contributed by atoms with Crippen molar-refractivity contribution in [3.05, 3.63) is 29.3 Å². The van der Waals surface area contributed by atoms with Crippen molar-refractivity contribution < 1.29 is 4.79 Å². The zero-order valence-corrected chi connectivity index (χ0v) is 20.6. The van der Waals surface area contributed by atoms with E-state index in [0.29, 0.717) is 30.5 Å². The third kappa shape index (κ3) is 10.5. The Morgan fingerprint density at radius 1 is 1.21 bits per heavy atom. The molecule has 0 aliphatic carbocycles. The highest BCUT2D eigenvalue weighted by Gasteiger charge is 2.19. The van der Waals surface area contributed by atoms with Gasteiger partial charge < -0.3 is 20.9 Å². The van der Waals surface area contributed by atoms with Gasteiger partial charge in [-0.1, -0.05) is 18.5 Å². The van der Waals surface area contributed by atoms with Crippen LogP contribution in [-0.2, 0) is 4.79 Å². The predicted octanol–water partition coefficient (Wildman–Crippen LogP) is 4.11. The Labute approximate surface area is 197 Å². The second-order valence-electron chi connectivity index (χ2n) is 7.18. The van der Waals surface area contributed by atoms with Gasteiger partial charge in [0, 0.05) is 49.4 Å². The van der Waals surface area contributed by atoms with Crippen LogP contribution in [-0.4, -0.2) is 55.5 Å². The monoisotopic (exact) mass is 535 g/mol. The van der Waals surface area contributed by atoms with Crippen molar-refractivity contribution in [3.8, 4) is 0 Å². The summed E-state index contributed by atoms with van der Waals surface area (Å²) in [6.07, 6.45) is 4.67. The first-order valence-corrected chi connectivity index (χ1v) is 10.8. The summed E-state index contributed by atoms with van der Waals surface area (Å²) in [4.78, 5) is 19.2. The Morgan fingerprint density at radius 3 is 2.52 bits per heavy atom. The number of nitrogens with one attached hydrogen (secondary N) is 3. The molecule has 29 heavy (non-hydrogen) atoms. The molecule has 164 valence electrons. The van der Waals surface area contributed by atoms with Crippen molar-refractivity contribution in [1.82, 2.24) is 15.5 Å². The Hall–Kier alpha value is -1.06. The minimum Gasteiger partial charge on any atom is -0.357 e. The molecule has 0 unspecified atom stereocenters. The van der Waals surface area contributed by atoms with Gasteiger partial charge in [-0.25, -0.2) is 0 Å². The summed E-state index contributed by atoms with van der Waals surface area (Å²) < 4.78 is 0. The van der Waals surface area contributed by atoms with Crippen LogP contribution in [0, 0.1) is 0 Å². The third-order valence-corrected chi connectivity index (χ3v) is 5.02. The Kier molecular flexibility index (Phi) is 13.3. The van der Waals surface area contributed by atoms with Gasteiger partial charge in [-0.05, 0) is 63.4 Å². The average Bonchev–Trinajstić information content (AvgIpc) is 2.69. The quantitative estimate of drug-likeness (QED) is 0.193. The number of anilines is 1. The van der Waals surface area contributed by atoms with E-state index in [1.165, 1.54) is 13.0 Å². The lowest BCUT2D eigenvalue weighted by Crippen LogP contribution is -2.48. The van der Waals surface area contributed by atoms with Crippen molar-refractivity contribution in [1.29, 1.82) is 0 Å². The highest BCUT2D eigenvalue weighted by Crippen LogP contribution is 2.14. The number of guanidine groups is 1. The van der Waals surface area contributed by atoms with E-state index < -0.39 is 0 Å². The standard InChI is InChI=1S/C21H34ClN5O.HI/c1-3-14-27-15-11-19(12-16-27)26-21(23-4-2)24-13-5-6-20(28)25-18-9-7-17(22)8-10-18;/h7-10,19H,3-6,11-16H2,1-2H3,(H,25,28)(H2,23,24,26);1H. The van der Waals surface area contributed by atoms with Crippen molar-refractivity contribution in [2.24, 2.45) is 4.99 Å². The first kappa shape index (κ1) is 26.0. The molecule has 1 heterocycles. The smallest absolute Gasteiger partial charge is 0.224 e. The maximum Gasteiger partial charge on any atom is 0.224 e. The second kappa shape index (κ2) is 14.8. The summed E-state index contributed by atoms with van der Waals surface area (Å²) in [5, 5.41) is 10.4. The van der Waals surface area contributed by atoms with Crippen molar-refractivity contribution in [2.75, 3.05) is 38.0 Å². The SMILES string of the molecule is CCCN1CCC(NC(=NCCCC(=O)Nc2ccc(Cl)cc2)NCC)CC1.I. The van der Waals surface area contributed by atoms with Gasteiger partial charge in [-0.15, -0.1) is 24.0 Å². The lowest BCUT2D eigenvalue weighted by molar-refractivity contribution is -0.116. The third-order valence-electron chi connectivity index (χ3n) is 4.77. The number of halogens is 2.